The Bertz CT molecular complexity index is 2150. The van der Waals surface area contributed by atoms with Crippen LogP contribution in [0.25, 0.3) is 76.4 Å². The zero-order chi connectivity index (χ0) is 27.2. The summed E-state index contributed by atoms with van der Waals surface area (Å²) in [7, 11) is 0. The van der Waals surface area contributed by atoms with E-state index in [1.807, 2.05) is 66.9 Å². The van der Waals surface area contributed by atoms with Crippen molar-refractivity contribution in [1.82, 2.24) is 19.9 Å². The Morgan fingerprint density at radius 2 is 1.20 bits per heavy atom. The Morgan fingerprint density at radius 1 is 0.463 bits per heavy atom. The van der Waals surface area contributed by atoms with E-state index in [0.717, 1.165) is 50.4 Å². The molecule has 0 unspecified atom stereocenters. The molecule has 5 heteroatoms. The van der Waals surface area contributed by atoms with Crippen LogP contribution in [-0.4, -0.2) is 19.9 Å². The smallest absolute Gasteiger partial charge is 0.160 e. The van der Waals surface area contributed by atoms with Gasteiger partial charge in [0.25, 0.3) is 0 Å². The number of hydrogen-bond donors (Lipinski definition) is 0. The van der Waals surface area contributed by atoms with Crippen molar-refractivity contribution in [3.8, 4) is 45.2 Å². The third kappa shape index (κ3) is 4.24. The summed E-state index contributed by atoms with van der Waals surface area (Å²) in [5.41, 5.74) is 8.64. The standard InChI is InChI=1S/C36H22N4S/c1-3-10-23(11-4-1)30-21-31(40-36(39-30)24-12-5-2-6-13-24)26-14-9-17-34-35(26)27-20-25(18-19-33(27)41-34)32-22-37-28-15-7-8-16-29(28)38-32/h1-22H. The highest BCUT2D eigenvalue weighted by atomic mass is 32.1. The summed E-state index contributed by atoms with van der Waals surface area (Å²) in [5.74, 6) is 0.714. The maximum Gasteiger partial charge on any atom is 0.160 e. The Kier molecular flexibility index (Phi) is 5.61. The third-order valence-electron chi connectivity index (χ3n) is 7.34. The molecule has 0 aliphatic carbocycles. The molecule has 0 N–H and O–H groups in total. The Balaban J connectivity index is 1.35. The molecule has 0 radical (unpaired) electrons. The molecule has 3 heterocycles. The number of benzene rings is 5. The summed E-state index contributed by atoms with van der Waals surface area (Å²) in [6, 6.07) is 43.6. The van der Waals surface area contributed by atoms with Crippen LogP contribution in [0.5, 0.6) is 0 Å². The quantitative estimate of drug-likeness (QED) is 0.222. The molecule has 3 aromatic heterocycles. The molecule has 0 spiro atoms. The van der Waals surface area contributed by atoms with Crippen LogP contribution in [0.3, 0.4) is 0 Å². The number of thiophene rings is 1. The van der Waals surface area contributed by atoms with E-state index in [1.165, 1.54) is 20.2 Å². The van der Waals surface area contributed by atoms with Crippen LogP contribution >= 0.6 is 11.3 Å². The van der Waals surface area contributed by atoms with Gasteiger partial charge >= 0.3 is 0 Å². The van der Waals surface area contributed by atoms with Crippen molar-refractivity contribution in [1.29, 1.82) is 0 Å². The van der Waals surface area contributed by atoms with Crippen molar-refractivity contribution in [3.05, 3.63) is 134 Å². The van der Waals surface area contributed by atoms with E-state index >= 15 is 0 Å². The Labute approximate surface area is 240 Å². The summed E-state index contributed by atoms with van der Waals surface area (Å²) in [6.07, 6.45) is 1.86. The van der Waals surface area contributed by atoms with Gasteiger partial charge in [0.15, 0.2) is 5.82 Å². The molecule has 41 heavy (non-hydrogen) atoms. The SMILES string of the molecule is c1ccc(-c2cc(-c3cccc4sc5ccc(-c6cnc7ccccc7n6)cc5c34)nc(-c3ccccc3)n2)cc1. The van der Waals surface area contributed by atoms with Crippen molar-refractivity contribution in [2.45, 2.75) is 0 Å². The molecular formula is C36H22N4S. The van der Waals surface area contributed by atoms with Crippen molar-refractivity contribution in [2.24, 2.45) is 0 Å². The highest BCUT2D eigenvalue weighted by Crippen LogP contribution is 2.41. The fourth-order valence-electron chi connectivity index (χ4n) is 5.35. The average molecular weight is 543 g/mol. The molecule has 8 aromatic rings. The fraction of sp³-hybridized carbons (Fsp3) is 0. The minimum absolute atomic E-state index is 0.714. The van der Waals surface area contributed by atoms with E-state index in [9.17, 15) is 0 Å². The highest BCUT2D eigenvalue weighted by Gasteiger charge is 2.16. The van der Waals surface area contributed by atoms with E-state index < -0.39 is 0 Å². The molecule has 0 bridgehead atoms. The topological polar surface area (TPSA) is 51.6 Å². The van der Waals surface area contributed by atoms with Gasteiger partial charge in [-0.2, -0.15) is 0 Å². The van der Waals surface area contributed by atoms with Gasteiger partial charge in [0.1, 0.15) is 0 Å². The maximum atomic E-state index is 5.12. The van der Waals surface area contributed by atoms with Crippen LogP contribution in [0, 0.1) is 0 Å². The number of aromatic nitrogens is 4. The molecule has 0 saturated carbocycles. The summed E-state index contributed by atoms with van der Waals surface area (Å²) >= 11 is 1.80. The van der Waals surface area contributed by atoms with Gasteiger partial charge in [-0.3, -0.25) is 4.98 Å². The molecule has 8 rings (SSSR count). The van der Waals surface area contributed by atoms with Gasteiger partial charge in [-0.1, -0.05) is 91.0 Å². The highest BCUT2D eigenvalue weighted by molar-refractivity contribution is 7.26. The second-order valence-corrected chi connectivity index (χ2v) is 11.0. The molecule has 5 aromatic carbocycles. The molecule has 0 amide bonds. The van der Waals surface area contributed by atoms with Crippen LogP contribution in [0.4, 0.5) is 0 Å². The first-order chi connectivity index (χ1) is 20.3. The second-order valence-electron chi connectivity index (χ2n) is 9.93. The number of nitrogens with zero attached hydrogens (tertiary/aromatic N) is 4. The third-order valence-corrected chi connectivity index (χ3v) is 8.48. The van der Waals surface area contributed by atoms with Crippen molar-refractivity contribution in [2.75, 3.05) is 0 Å². The number of rotatable bonds is 4. The Hall–Kier alpha value is -5.26. The van der Waals surface area contributed by atoms with Crippen LogP contribution in [0.1, 0.15) is 0 Å². The molecule has 192 valence electrons. The van der Waals surface area contributed by atoms with Crippen LogP contribution < -0.4 is 0 Å². The first-order valence-electron chi connectivity index (χ1n) is 13.5. The van der Waals surface area contributed by atoms with E-state index in [-0.39, 0.29) is 0 Å². The summed E-state index contributed by atoms with van der Waals surface area (Å²) < 4.78 is 2.45. The van der Waals surface area contributed by atoms with Gasteiger partial charge in [-0.05, 0) is 36.4 Å². The molecule has 4 nitrogen and oxygen atoms in total. The lowest BCUT2D eigenvalue weighted by molar-refractivity contribution is 1.19. The second kappa shape index (κ2) is 9.73. The van der Waals surface area contributed by atoms with Crippen LogP contribution in [-0.2, 0) is 0 Å². The molecule has 0 aliphatic heterocycles. The van der Waals surface area contributed by atoms with Gasteiger partial charge in [-0.25, -0.2) is 15.0 Å². The summed E-state index contributed by atoms with van der Waals surface area (Å²) in [6.45, 7) is 0. The van der Waals surface area contributed by atoms with E-state index in [2.05, 4.69) is 71.7 Å². The molecule has 0 fully saturated rings. The fourth-order valence-corrected chi connectivity index (χ4v) is 6.47. The van der Waals surface area contributed by atoms with Crippen molar-refractivity contribution < 1.29 is 0 Å². The lowest BCUT2D eigenvalue weighted by Gasteiger charge is -2.11. The largest absolute Gasteiger partial charge is 0.252 e. The van der Waals surface area contributed by atoms with Crippen LogP contribution in [0.15, 0.2) is 134 Å². The van der Waals surface area contributed by atoms with Gasteiger partial charge < -0.3 is 0 Å². The summed E-state index contributed by atoms with van der Waals surface area (Å²) in [4.78, 5) is 19.7. The van der Waals surface area contributed by atoms with E-state index in [0.29, 0.717) is 5.82 Å². The molecule has 0 atom stereocenters. The lowest BCUT2D eigenvalue weighted by atomic mass is 10.00. The lowest BCUT2D eigenvalue weighted by Crippen LogP contribution is -1.96. The Morgan fingerprint density at radius 3 is 2.02 bits per heavy atom. The number of para-hydroxylation sites is 2. The number of hydrogen-bond acceptors (Lipinski definition) is 5. The number of fused-ring (bicyclic) bond motifs is 4. The first kappa shape index (κ1) is 23.6. The normalized spacial score (nSPS) is 11.4. The molecule has 0 saturated heterocycles. The maximum absolute atomic E-state index is 5.12. The zero-order valence-corrected chi connectivity index (χ0v) is 22.7. The average Bonchev–Trinajstić information content (AvgIpc) is 3.43. The van der Waals surface area contributed by atoms with Crippen molar-refractivity contribution >= 4 is 42.5 Å². The van der Waals surface area contributed by atoms with E-state index in [4.69, 9.17) is 15.0 Å². The molecular weight excluding hydrogens is 520 g/mol. The monoisotopic (exact) mass is 542 g/mol. The van der Waals surface area contributed by atoms with Crippen LogP contribution in [0.2, 0.25) is 0 Å². The summed E-state index contributed by atoms with van der Waals surface area (Å²) in [5, 5.41) is 2.38. The zero-order valence-electron chi connectivity index (χ0n) is 21.9. The predicted molar refractivity (Wildman–Crippen MR) is 170 cm³/mol. The first-order valence-corrected chi connectivity index (χ1v) is 14.3. The van der Waals surface area contributed by atoms with Gasteiger partial charge in [0.05, 0.1) is 34.3 Å². The minimum Gasteiger partial charge on any atom is -0.252 e. The predicted octanol–water partition coefficient (Wildman–Crippen LogP) is 9.46. The molecule has 0 aliphatic rings. The van der Waals surface area contributed by atoms with Gasteiger partial charge in [-0.15, -0.1) is 11.3 Å². The minimum atomic E-state index is 0.714. The van der Waals surface area contributed by atoms with E-state index in [1.54, 1.807) is 11.3 Å². The van der Waals surface area contributed by atoms with Crippen molar-refractivity contribution in [3.63, 3.8) is 0 Å². The van der Waals surface area contributed by atoms with Gasteiger partial charge in [0, 0.05) is 42.4 Å². The van der Waals surface area contributed by atoms with Gasteiger partial charge in [0.2, 0.25) is 0 Å².